The summed E-state index contributed by atoms with van der Waals surface area (Å²) in [6.45, 7) is 0. The second-order valence-corrected chi connectivity index (χ2v) is 5.23. The fourth-order valence-corrected chi connectivity index (χ4v) is 2.31. The zero-order valence-corrected chi connectivity index (χ0v) is 12.0. The SMILES string of the molecule is COc1ccc(C(N)c2cncnc2)cc1OC1CCC1. The Morgan fingerprint density at radius 1 is 1.14 bits per heavy atom. The van der Waals surface area contributed by atoms with Gasteiger partial charge in [0, 0.05) is 18.0 Å². The van der Waals surface area contributed by atoms with Crippen molar-refractivity contribution in [2.24, 2.45) is 5.73 Å². The Kier molecular flexibility index (Phi) is 4.01. The van der Waals surface area contributed by atoms with Crippen LogP contribution >= 0.6 is 0 Å². The number of hydrogen-bond donors (Lipinski definition) is 1. The van der Waals surface area contributed by atoms with Crippen LogP contribution in [0.2, 0.25) is 0 Å². The first-order chi connectivity index (χ1) is 10.3. The molecule has 0 amide bonds. The van der Waals surface area contributed by atoms with E-state index >= 15 is 0 Å². The van der Waals surface area contributed by atoms with Crippen LogP contribution in [0.5, 0.6) is 11.5 Å². The van der Waals surface area contributed by atoms with Crippen molar-refractivity contribution in [2.75, 3.05) is 7.11 Å². The van der Waals surface area contributed by atoms with E-state index in [1.165, 1.54) is 12.7 Å². The van der Waals surface area contributed by atoms with Gasteiger partial charge >= 0.3 is 0 Å². The molecule has 0 aliphatic heterocycles. The molecule has 1 atom stereocenters. The average molecular weight is 285 g/mol. The van der Waals surface area contributed by atoms with Crippen LogP contribution in [-0.4, -0.2) is 23.2 Å². The molecule has 1 saturated carbocycles. The van der Waals surface area contributed by atoms with Gasteiger partial charge in [-0.3, -0.25) is 0 Å². The molecule has 0 bridgehead atoms. The molecule has 1 fully saturated rings. The highest BCUT2D eigenvalue weighted by molar-refractivity contribution is 5.45. The smallest absolute Gasteiger partial charge is 0.161 e. The predicted molar refractivity (Wildman–Crippen MR) is 79.3 cm³/mol. The van der Waals surface area contributed by atoms with Crippen molar-refractivity contribution < 1.29 is 9.47 Å². The van der Waals surface area contributed by atoms with Crippen LogP contribution in [0.25, 0.3) is 0 Å². The van der Waals surface area contributed by atoms with Crippen LogP contribution in [0.15, 0.2) is 36.9 Å². The first-order valence-electron chi connectivity index (χ1n) is 7.13. The monoisotopic (exact) mass is 285 g/mol. The molecule has 1 aromatic carbocycles. The van der Waals surface area contributed by atoms with Crippen molar-refractivity contribution in [3.63, 3.8) is 0 Å². The van der Waals surface area contributed by atoms with Crippen LogP contribution in [0.4, 0.5) is 0 Å². The number of benzene rings is 1. The maximum absolute atomic E-state index is 6.28. The molecule has 21 heavy (non-hydrogen) atoms. The van der Waals surface area contributed by atoms with E-state index in [-0.39, 0.29) is 6.04 Å². The quantitative estimate of drug-likeness (QED) is 0.913. The second-order valence-electron chi connectivity index (χ2n) is 5.23. The third kappa shape index (κ3) is 2.97. The van der Waals surface area contributed by atoms with Crippen molar-refractivity contribution in [1.82, 2.24) is 9.97 Å². The standard InChI is InChI=1S/C16H19N3O2/c1-20-14-6-5-11(7-15(14)21-13-3-2-4-13)16(17)12-8-18-10-19-9-12/h5-10,13,16H,2-4,17H2,1H3. The molecule has 110 valence electrons. The maximum atomic E-state index is 6.28. The first kappa shape index (κ1) is 13.8. The Labute approximate surface area is 124 Å². The third-order valence-electron chi connectivity index (χ3n) is 3.83. The van der Waals surface area contributed by atoms with Crippen LogP contribution < -0.4 is 15.2 Å². The summed E-state index contributed by atoms with van der Waals surface area (Å²) in [6.07, 6.45) is 8.69. The average Bonchev–Trinajstić information content (AvgIpc) is 2.51. The van der Waals surface area contributed by atoms with Gasteiger partial charge in [0.1, 0.15) is 6.33 Å². The summed E-state index contributed by atoms with van der Waals surface area (Å²) in [5, 5.41) is 0. The number of aromatic nitrogens is 2. The van der Waals surface area contributed by atoms with Gasteiger partial charge in [-0.05, 0) is 37.0 Å². The lowest BCUT2D eigenvalue weighted by Crippen LogP contribution is -2.25. The van der Waals surface area contributed by atoms with E-state index in [1.807, 2.05) is 18.2 Å². The number of hydrogen-bond acceptors (Lipinski definition) is 5. The zero-order chi connectivity index (χ0) is 14.7. The van der Waals surface area contributed by atoms with Gasteiger partial charge in [0.25, 0.3) is 0 Å². The van der Waals surface area contributed by atoms with Crippen molar-refractivity contribution >= 4 is 0 Å². The molecule has 1 aliphatic carbocycles. The van der Waals surface area contributed by atoms with Crippen molar-refractivity contribution in [3.05, 3.63) is 48.0 Å². The van der Waals surface area contributed by atoms with E-state index in [4.69, 9.17) is 15.2 Å². The van der Waals surface area contributed by atoms with E-state index in [0.717, 1.165) is 35.5 Å². The van der Waals surface area contributed by atoms with Crippen LogP contribution in [0.3, 0.4) is 0 Å². The lowest BCUT2D eigenvalue weighted by Gasteiger charge is -2.27. The summed E-state index contributed by atoms with van der Waals surface area (Å²) >= 11 is 0. The van der Waals surface area contributed by atoms with Gasteiger partial charge in [0.2, 0.25) is 0 Å². The van der Waals surface area contributed by atoms with Gasteiger partial charge in [-0.2, -0.15) is 0 Å². The van der Waals surface area contributed by atoms with Crippen LogP contribution in [0.1, 0.15) is 36.4 Å². The fraction of sp³-hybridized carbons (Fsp3) is 0.375. The Morgan fingerprint density at radius 3 is 2.52 bits per heavy atom. The van der Waals surface area contributed by atoms with Crippen LogP contribution in [0, 0.1) is 0 Å². The molecular formula is C16H19N3O2. The molecule has 3 rings (SSSR count). The first-order valence-corrected chi connectivity index (χ1v) is 7.13. The van der Waals surface area contributed by atoms with Gasteiger partial charge in [-0.15, -0.1) is 0 Å². The summed E-state index contributed by atoms with van der Waals surface area (Å²) < 4.78 is 11.4. The molecule has 1 aromatic heterocycles. The van der Waals surface area contributed by atoms with Crippen molar-refractivity contribution in [1.29, 1.82) is 0 Å². The highest BCUT2D eigenvalue weighted by Crippen LogP contribution is 2.35. The Bertz CT molecular complexity index is 600. The Hall–Kier alpha value is -2.14. The van der Waals surface area contributed by atoms with E-state index in [1.54, 1.807) is 19.5 Å². The zero-order valence-electron chi connectivity index (χ0n) is 12.0. The second kappa shape index (κ2) is 6.10. The van der Waals surface area contributed by atoms with Crippen LogP contribution in [-0.2, 0) is 0 Å². The molecule has 2 aromatic rings. The topological polar surface area (TPSA) is 70.3 Å². The van der Waals surface area contributed by atoms with Gasteiger partial charge in [-0.1, -0.05) is 6.07 Å². The lowest BCUT2D eigenvalue weighted by atomic mass is 9.96. The number of nitrogens with zero attached hydrogens (tertiary/aromatic N) is 2. The summed E-state index contributed by atoms with van der Waals surface area (Å²) in [4.78, 5) is 8.02. The maximum Gasteiger partial charge on any atom is 0.161 e. The van der Waals surface area contributed by atoms with Gasteiger partial charge in [0.05, 0.1) is 19.3 Å². The van der Waals surface area contributed by atoms with Gasteiger partial charge in [-0.25, -0.2) is 9.97 Å². The lowest BCUT2D eigenvalue weighted by molar-refractivity contribution is 0.116. The van der Waals surface area contributed by atoms with E-state index in [2.05, 4.69) is 9.97 Å². The normalized spacial score (nSPS) is 16.1. The van der Waals surface area contributed by atoms with E-state index in [0.29, 0.717) is 6.10 Å². The molecule has 1 unspecified atom stereocenters. The van der Waals surface area contributed by atoms with Gasteiger partial charge in [0.15, 0.2) is 11.5 Å². The molecule has 1 heterocycles. The predicted octanol–water partition coefficient (Wildman–Crippen LogP) is 2.46. The molecule has 5 nitrogen and oxygen atoms in total. The number of nitrogens with two attached hydrogens (primary N) is 1. The highest BCUT2D eigenvalue weighted by atomic mass is 16.5. The molecule has 0 saturated heterocycles. The van der Waals surface area contributed by atoms with E-state index < -0.39 is 0 Å². The Morgan fingerprint density at radius 2 is 1.90 bits per heavy atom. The summed E-state index contributed by atoms with van der Waals surface area (Å²) in [5.41, 5.74) is 8.11. The molecule has 1 aliphatic rings. The minimum absolute atomic E-state index is 0.277. The Balaban J connectivity index is 1.86. The summed E-state index contributed by atoms with van der Waals surface area (Å²) in [5.74, 6) is 1.49. The molecule has 2 N–H and O–H groups in total. The van der Waals surface area contributed by atoms with Crippen molar-refractivity contribution in [2.45, 2.75) is 31.4 Å². The molecule has 5 heteroatoms. The highest BCUT2D eigenvalue weighted by Gasteiger charge is 2.21. The van der Waals surface area contributed by atoms with Crippen molar-refractivity contribution in [3.8, 4) is 11.5 Å². The largest absolute Gasteiger partial charge is 0.493 e. The molecule has 0 spiro atoms. The third-order valence-corrected chi connectivity index (χ3v) is 3.83. The number of rotatable bonds is 5. The number of ether oxygens (including phenoxy) is 2. The van der Waals surface area contributed by atoms with E-state index in [9.17, 15) is 0 Å². The summed E-state index contributed by atoms with van der Waals surface area (Å²) in [7, 11) is 1.65. The van der Waals surface area contributed by atoms with Gasteiger partial charge < -0.3 is 15.2 Å². The molecular weight excluding hydrogens is 266 g/mol. The minimum Gasteiger partial charge on any atom is -0.493 e. The minimum atomic E-state index is -0.277. The summed E-state index contributed by atoms with van der Waals surface area (Å²) in [6, 6.07) is 5.52. The molecule has 0 radical (unpaired) electrons. The number of methoxy groups -OCH3 is 1. The fourth-order valence-electron chi connectivity index (χ4n) is 2.31.